The van der Waals surface area contributed by atoms with Gasteiger partial charge in [-0.15, -0.1) is 0 Å². The van der Waals surface area contributed by atoms with Gasteiger partial charge in [0.05, 0.1) is 18.2 Å². The van der Waals surface area contributed by atoms with Crippen LogP contribution >= 0.6 is 0 Å². The third kappa shape index (κ3) is 2.94. The summed E-state index contributed by atoms with van der Waals surface area (Å²) in [5.41, 5.74) is 0.561. The van der Waals surface area contributed by atoms with Crippen molar-refractivity contribution in [3.05, 3.63) is 42.9 Å². The summed E-state index contributed by atoms with van der Waals surface area (Å²) in [6, 6.07) is 8.78. The van der Waals surface area contributed by atoms with E-state index >= 15 is 0 Å². The van der Waals surface area contributed by atoms with Crippen molar-refractivity contribution in [2.45, 2.75) is 11.4 Å². The fraction of sp³-hybridized carbons (Fsp3) is 0.250. The van der Waals surface area contributed by atoms with Crippen molar-refractivity contribution < 1.29 is 13.5 Å². The first-order valence-electron chi connectivity index (χ1n) is 5.83. The second kappa shape index (κ2) is 5.85. The molecule has 102 valence electrons. The van der Waals surface area contributed by atoms with Crippen molar-refractivity contribution >= 4 is 15.7 Å². The van der Waals surface area contributed by atoms with Crippen molar-refractivity contribution in [3.63, 3.8) is 0 Å². The van der Waals surface area contributed by atoms with Crippen molar-refractivity contribution in [2.75, 3.05) is 17.5 Å². The number of aliphatic hydroxyl groups is 1. The highest BCUT2D eigenvalue weighted by molar-refractivity contribution is 7.92. The number of nitrogens with one attached hydrogen (secondary N) is 1. The van der Waals surface area contributed by atoms with E-state index in [4.69, 9.17) is 5.11 Å². The second-order valence-electron chi connectivity index (χ2n) is 3.91. The monoisotopic (exact) mass is 281 g/mol. The Hall–Kier alpha value is -1.86. The van der Waals surface area contributed by atoms with Gasteiger partial charge in [-0.3, -0.25) is 4.31 Å². The number of imidazole rings is 1. The number of hydrogen-bond acceptors (Lipinski definition) is 4. The van der Waals surface area contributed by atoms with Gasteiger partial charge in [-0.2, -0.15) is 8.42 Å². The number of aromatic amines is 1. The molecule has 2 N–H and O–H groups in total. The maximum absolute atomic E-state index is 12.5. The van der Waals surface area contributed by atoms with Crippen LogP contribution in [0.25, 0.3) is 0 Å². The van der Waals surface area contributed by atoms with E-state index in [9.17, 15) is 8.42 Å². The summed E-state index contributed by atoms with van der Waals surface area (Å²) in [7, 11) is -3.68. The summed E-state index contributed by atoms with van der Waals surface area (Å²) in [5, 5.41) is 8.95. The number of nitrogens with zero attached hydrogens (tertiary/aromatic N) is 2. The topological polar surface area (TPSA) is 86.3 Å². The minimum atomic E-state index is -3.68. The summed E-state index contributed by atoms with van der Waals surface area (Å²) in [6.45, 7) is 0.143. The van der Waals surface area contributed by atoms with Crippen LogP contribution in [-0.2, 0) is 10.0 Å². The van der Waals surface area contributed by atoms with Gasteiger partial charge in [-0.25, -0.2) is 4.98 Å². The number of H-pyrrole nitrogens is 1. The van der Waals surface area contributed by atoms with E-state index in [-0.39, 0.29) is 18.2 Å². The number of rotatable bonds is 6. The van der Waals surface area contributed by atoms with Gasteiger partial charge >= 0.3 is 0 Å². The quantitative estimate of drug-likeness (QED) is 0.826. The van der Waals surface area contributed by atoms with E-state index < -0.39 is 10.0 Å². The first kappa shape index (κ1) is 13.6. The second-order valence-corrected chi connectivity index (χ2v) is 5.74. The Morgan fingerprint density at radius 3 is 2.58 bits per heavy atom. The van der Waals surface area contributed by atoms with E-state index in [1.165, 1.54) is 16.8 Å². The van der Waals surface area contributed by atoms with Gasteiger partial charge < -0.3 is 10.1 Å². The normalized spacial score (nSPS) is 11.4. The number of hydrogen-bond donors (Lipinski definition) is 2. The first-order chi connectivity index (χ1) is 9.16. The molecule has 0 aliphatic rings. The lowest BCUT2D eigenvalue weighted by Crippen LogP contribution is -2.32. The molecule has 0 saturated heterocycles. The summed E-state index contributed by atoms with van der Waals surface area (Å²) < 4.78 is 26.2. The number of benzene rings is 1. The Kier molecular flexibility index (Phi) is 4.18. The minimum Gasteiger partial charge on any atom is -0.396 e. The molecule has 1 heterocycles. The molecule has 0 spiro atoms. The summed E-state index contributed by atoms with van der Waals surface area (Å²) >= 11 is 0. The average molecular weight is 281 g/mol. The number of sulfonamides is 1. The Morgan fingerprint density at radius 2 is 2.00 bits per heavy atom. The van der Waals surface area contributed by atoms with E-state index in [0.29, 0.717) is 12.1 Å². The highest BCUT2D eigenvalue weighted by Crippen LogP contribution is 2.22. The fourth-order valence-electron chi connectivity index (χ4n) is 1.70. The van der Waals surface area contributed by atoms with Gasteiger partial charge in [0.2, 0.25) is 0 Å². The molecule has 19 heavy (non-hydrogen) atoms. The van der Waals surface area contributed by atoms with E-state index in [0.717, 1.165) is 0 Å². The number of aliphatic hydroxyl groups excluding tert-OH is 1. The Labute approximate surface area is 111 Å². The summed E-state index contributed by atoms with van der Waals surface area (Å²) in [5.74, 6) is 0. The first-order valence-corrected chi connectivity index (χ1v) is 7.27. The van der Waals surface area contributed by atoms with Crippen molar-refractivity contribution in [2.24, 2.45) is 0 Å². The zero-order chi connectivity index (χ0) is 13.7. The van der Waals surface area contributed by atoms with Crippen molar-refractivity contribution in [1.82, 2.24) is 9.97 Å². The van der Waals surface area contributed by atoms with Crippen LogP contribution in [0.2, 0.25) is 0 Å². The zero-order valence-electron chi connectivity index (χ0n) is 10.2. The van der Waals surface area contributed by atoms with Gasteiger partial charge in [0.25, 0.3) is 10.0 Å². The van der Waals surface area contributed by atoms with E-state index in [1.807, 2.05) is 6.07 Å². The molecule has 0 aliphatic carbocycles. The maximum Gasteiger partial charge on any atom is 0.281 e. The third-order valence-corrected chi connectivity index (χ3v) is 4.36. The Morgan fingerprint density at radius 1 is 1.26 bits per heavy atom. The van der Waals surface area contributed by atoms with Crippen LogP contribution in [0.3, 0.4) is 0 Å². The van der Waals surface area contributed by atoms with Crippen LogP contribution < -0.4 is 4.31 Å². The molecule has 1 aromatic carbocycles. The largest absolute Gasteiger partial charge is 0.396 e. The fourth-order valence-corrected chi connectivity index (χ4v) is 3.10. The molecule has 7 heteroatoms. The van der Waals surface area contributed by atoms with Crippen molar-refractivity contribution in [1.29, 1.82) is 0 Å². The molecule has 0 unspecified atom stereocenters. The SMILES string of the molecule is O=S(=O)(c1cnc[nH]1)N(CCCO)c1ccccc1. The molecule has 2 rings (SSSR count). The molecule has 1 aromatic heterocycles. The maximum atomic E-state index is 12.5. The number of para-hydroxylation sites is 1. The Bertz CT molecular complexity index is 596. The molecule has 0 radical (unpaired) electrons. The van der Waals surface area contributed by atoms with Gasteiger partial charge in [0.15, 0.2) is 5.03 Å². The molecule has 0 saturated carbocycles. The highest BCUT2D eigenvalue weighted by atomic mass is 32.2. The molecule has 2 aromatic rings. The van der Waals surface area contributed by atoms with E-state index in [1.54, 1.807) is 24.3 Å². The molecule has 0 bridgehead atoms. The summed E-state index contributed by atoms with van der Waals surface area (Å²) in [4.78, 5) is 6.33. The number of aromatic nitrogens is 2. The zero-order valence-corrected chi connectivity index (χ0v) is 11.0. The standard InChI is InChI=1S/C12H15N3O3S/c16-8-4-7-15(11-5-2-1-3-6-11)19(17,18)12-9-13-10-14-12/h1-3,5-6,9-10,16H,4,7-8H2,(H,13,14). The van der Waals surface area contributed by atoms with Crippen LogP contribution in [0.1, 0.15) is 6.42 Å². The van der Waals surface area contributed by atoms with Crippen LogP contribution in [0, 0.1) is 0 Å². The molecule has 0 fully saturated rings. The van der Waals surface area contributed by atoms with Gasteiger partial charge in [-0.05, 0) is 18.6 Å². The van der Waals surface area contributed by atoms with Crippen LogP contribution in [0.4, 0.5) is 5.69 Å². The third-order valence-electron chi connectivity index (χ3n) is 2.60. The van der Waals surface area contributed by atoms with Crippen molar-refractivity contribution in [3.8, 4) is 0 Å². The molecule has 6 nitrogen and oxygen atoms in total. The van der Waals surface area contributed by atoms with Crippen LogP contribution in [0.5, 0.6) is 0 Å². The van der Waals surface area contributed by atoms with Gasteiger partial charge in [-0.1, -0.05) is 18.2 Å². The Balaban J connectivity index is 2.38. The smallest absolute Gasteiger partial charge is 0.281 e. The average Bonchev–Trinajstić information content (AvgIpc) is 2.95. The predicted octanol–water partition coefficient (Wildman–Crippen LogP) is 0.987. The van der Waals surface area contributed by atoms with Gasteiger partial charge in [0.1, 0.15) is 0 Å². The highest BCUT2D eigenvalue weighted by Gasteiger charge is 2.25. The lowest BCUT2D eigenvalue weighted by molar-refractivity contribution is 0.291. The molecular weight excluding hydrogens is 266 g/mol. The molecule has 0 atom stereocenters. The van der Waals surface area contributed by atoms with Crippen LogP contribution in [-0.4, -0.2) is 36.6 Å². The number of anilines is 1. The lowest BCUT2D eigenvalue weighted by Gasteiger charge is -2.23. The minimum absolute atomic E-state index is 0.0364. The van der Waals surface area contributed by atoms with E-state index in [2.05, 4.69) is 9.97 Å². The molecular formula is C12H15N3O3S. The predicted molar refractivity (Wildman–Crippen MR) is 71.3 cm³/mol. The van der Waals surface area contributed by atoms with Crippen LogP contribution in [0.15, 0.2) is 47.9 Å². The molecule has 0 amide bonds. The lowest BCUT2D eigenvalue weighted by atomic mass is 10.3. The summed E-state index contributed by atoms with van der Waals surface area (Å²) in [6.07, 6.45) is 2.95. The van der Waals surface area contributed by atoms with Gasteiger partial charge in [0, 0.05) is 13.2 Å². The molecule has 0 aliphatic heterocycles.